The van der Waals surface area contributed by atoms with Crippen molar-refractivity contribution in [1.29, 1.82) is 0 Å². The summed E-state index contributed by atoms with van der Waals surface area (Å²) in [6.45, 7) is 1.65. The Morgan fingerprint density at radius 1 is 1.26 bits per heavy atom. The van der Waals surface area contributed by atoms with E-state index in [-0.39, 0.29) is 35.6 Å². The Morgan fingerprint density at radius 3 is 2.65 bits per heavy atom. The van der Waals surface area contributed by atoms with Crippen molar-refractivity contribution in [2.45, 2.75) is 18.2 Å². The van der Waals surface area contributed by atoms with E-state index >= 15 is 0 Å². The van der Waals surface area contributed by atoms with Gasteiger partial charge in [-0.2, -0.15) is 0 Å². The van der Waals surface area contributed by atoms with Gasteiger partial charge in [0.25, 0.3) is 0 Å². The number of benzene rings is 1. The summed E-state index contributed by atoms with van der Waals surface area (Å²) in [5.74, 6) is -1.61. The van der Waals surface area contributed by atoms with E-state index in [4.69, 9.17) is 9.47 Å². The Balaban J connectivity index is 2.04. The maximum Gasteiger partial charge on any atom is 0.339 e. The lowest BCUT2D eigenvalue weighted by molar-refractivity contribution is -0.148. The number of hydrogen-bond acceptors (Lipinski definition) is 7. The Kier molecular flexibility index (Phi) is 3.51. The summed E-state index contributed by atoms with van der Waals surface area (Å²) in [6, 6.07) is 6.29. The number of rotatable bonds is 4. The molecule has 0 bridgehead atoms. The summed E-state index contributed by atoms with van der Waals surface area (Å²) >= 11 is 0. The van der Waals surface area contributed by atoms with Crippen LogP contribution >= 0.6 is 0 Å². The van der Waals surface area contributed by atoms with Crippen LogP contribution in [0.25, 0.3) is 0 Å². The van der Waals surface area contributed by atoms with E-state index in [0.29, 0.717) is 0 Å². The van der Waals surface area contributed by atoms with Gasteiger partial charge in [-0.3, -0.25) is 4.79 Å². The number of esters is 1. The van der Waals surface area contributed by atoms with Gasteiger partial charge in [0, 0.05) is 23.9 Å². The monoisotopic (exact) mass is 319 g/mol. The molecule has 122 valence electrons. The van der Waals surface area contributed by atoms with Crippen molar-refractivity contribution in [1.82, 2.24) is 5.32 Å². The molecule has 0 unspecified atom stereocenters. The van der Waals surface area contributed by atoms with Crippen molar-refractivity contribution in [3.8, 4) is 0 Å². The van der Waals surface area contributed by atoms with Gasteiger partial charge in [0.15, 0.2) is 0 Å². The highest BCUT2D eigenvalue weighted by Gasteiger charge is 2.70. The molecule has 0 amide bonds. The highest BCUT2D eigenvalue weighted by Crippen LogP contribution is 2.51. The van der Waals surface area contributed by atoms with Crippen LogP contribution in [0, 0.1) is 0 Å². The van der Waals surface area contributed by atoms with E-state index in [1.54, 1.807) is 12.1 Å². The number of fused-ring (bicyclic) bond motifs is 3. The third-order valence-electron chi connectivity index (χ3n) is 4.24. The number of carbonyl (C=O) groups excluding carboxylic acids is 2. The van der Waals surface area contributed by atoms with Crippen molar-refractivity contribution in [3.63, 3.8) is 0 Å². The van der Waals surface area contributed by atoms with E-state index in [0.717, 1.165) is 0 Å². The molecule has 7 nitrogen and oxygen atoms in total. The quantitative estimate of drug-likeness (QED) is 0.522. The molecular weight excluding hydrogens is 302 g/mol. The van der Waals surface area contributed by atoms with Gasteiger partial charge in [-0.1, -0.05) is 24.3 Å². The number of ketones is 1. The molecule has 2 atom stereocenters. The van der Waals surface area contributed by atoms with E-state index in [1.807, 2.05) is 0 Å². The Labute approximate surface area is 132 Å². The molecule has 0 fully saturated rings. The molecular formula is C16H17NO6. The molecule has 1 heterocycles. The van der Waals surface area contributed by atoms with Gasteiger partial charge in [0.05, 0.1) is 6.61 Å². The zero-order chi connectivity index (χ0) is 16.8. The summed E-state index contributed by atoms with van der Waals surface area (Å²) in [5.41, 5.74) is -4.19. The Bertz CT molecular complexity index is 727. The Hall–Kier alpha value is -2.22. The minimum atomic E-state index is -2.41. The number of carbonyl (C=O) groups is 2. The molecule has 2 aliphatic rings. The highest BCUT2D eigenvalue weighted by molar-refractivity contribution is 6.16. The molecule has 1 aliphatic heterocycles. The standard InChI is InChI=1S/C16H17NO6/c1-9-12(14(19)23-8-7-22-2)15(20)13(18)10-5-3-4-6-11(10)16(15,21)17-9/h3-6,17,20-21H,7-8H2,1-2H3/t15-,16-/m1/s1. The molecule has 3 N–H and O–H groups in total. The van der Waals surface area contributed by atoms with Crippen molar-refractivity contribution >= 4 is 11.8 Å². The van der Waals surface area contributed by atoms with Crippen LogP contribution in [0.5, 0.6) is 0 Å². The van der Waals surface area contributed by atoms with Crippen LogP contribution in [0.3, 0.4) is 0 Å². The number of nitrogens with one attached hydrogen (secondary N) is 1. The van der Waals surface area contributed by atoms with Crippen molar-refractivity contribution in [2.75, 3.05) is 20.3 Å². The molecule has 1 aliphatic carbocycles. The minimum Gasteiger partial charge on any atom is -0.460 e. The summed E-state index contributed by atoms with van der Waals surface area (Å²) in [6.07, 6.45) is 0. The average Bonchev–Trinajstić information content (AvgIpc) is 2.83. The van der Waals surface area contributed by atoms with Crippen LogP contribution in [-0.4, -0.2) is 47.9 Å². The number of aliphatic hydroxyl groups is 2. The van der Waals surface area contributed by atoms with Crippen LogP contribution in [0.1, 0.15) is 22.8 Å². The molecule has 23 heavy (non-hydrogen) atoms. The van der Waals surface area contributed by atoms with Gasteiger partial charge in [0.2, 0.25) is 17.1 Å². The predicted molar refractivity (Wildman–Crippen MR) is 78.3 cm³/mol. The van der Waals surface area contributed by atoms with Gasteiger partial charge in [0.1, 0.15) is 12.2 Å². The molecule has 0 spiro atoms. The maximum atomic E-state index is 12.7. The van der Waals surface area contributed by atoms with E-state index in [1.165, 1.54) is 26.2 Å². The summed E-state index contributed by atoms with van der Waals surface area (Å²) in [4.78, 5) is 25.0. The largest absolute Gasteiger partial charge is 0.460 e. The molecule has 0 aromatic heterocycles. The topological polar surface area (TPSA) is 105 Å². The van der Waals surface area contributed by atoms with Gasteiger partial charge in [-0.25, -0.2) is 4.79 Å². The molecule has 0 saturated heterocycles. The first-order valence-corrected chi connectivity index (χ1v) is 7.12. The smallest absolute Gasteiger partial charge is 0.339 e. The first-order valence-electron chi connectivity index (χ1n) is 7.12. The highest BCUT2D eigenvalue weighted by atomic mass is 16.6. The number of hydrogen-bond donors (Lipinski definition) is 3. The second-order valence-electron chi connectivity index (χ2n) is 5.55. The summed E-state index contributed by atoms with van der Waals surface area (Å²) in [7, 11) is 1.46. The first kappa shape index (κ1) is 15.7. The fraction of sp³-hybridized carbons (Fsp3) is 0.375. The van der Waals surface area contributed by atoms with Gasteiger partial charge in [-0.15, -0.1) is 0 Å². The first-order chi connectivity index (χ1) is 10.9. The fourth-order valence-electron chi connectivity index (χ4n) is 3.20. The van der Waals surface area contributed by atoms with Crippen molar-refractivity contribution in [3.05, 3.63) is 46.7 Å². The van der Waals surface area contributed by atoms with Crippen molar-refractivity contribution in [2.24, 2.45) is 0 Å². The number of allylic oxidation sites excluding steroid dienone is 1. The van der Waals surface area contributed by atoms with Crippen LogP contribution < -0.4 is 5.32 Å². The normalized spacial score (nSPS) is 28.4. The zero-order valence-electron chi connectivity index (χ0n) is 12.8. The van der Waals surface area contributed by atoms with Crippen LogP contribution in [0.4, 0.5) is 0 Å². The zero-order valence-corrected chi connectivity index (χ0v) is 12.8. The lowest BCUT2D eigenvalue weighted by Gasteiger charge is -2.31. The maximum absolute atomic E-state index is 12.7. The lowest BCUT2D eigenvalue weighted by atomic mass is 9.85. The average molecular weight is 319 g/mol. The SMILES string of the molecule is COCCOC(=O)C1=C(C)N[C@@]2(O)c3ccccc3C(=O)[C@]12O. The third kappa shape index (κ3) is 1.87. The molecule has 0 radical (unpaired) electrons. The van der Waals surface area contributed by atoms with E-state index in [2.05, 4.69) is 5.32 Å². The Morgan fingerprint density at radius 2 is 1.96 bits per heavy atom. The van der Waals surface area contributed by atoms with Crippen LogP contribution in [0.2, 0.25) is 0 Å². The van der Waals surface area contributed by atoms with Crippen LogP contribution in [-0.2, 0) is 20.0 Å². The number of methoxy groups -OCH3 is 1. The predicted octanol–water partition coefficient (Wildman–Crippen LogP) is -0.174. The third-order valence-corrected chi connectivity index (χ3v) is 4.24. The summed E-state index contributed by atoms with van der Waals surface area (Å²) in [5, 5.41) is 24.6. The number of ether oxygens (including phenoxy) is 2. The second kappa shape index (κ2) is 5.16. The van der Waals surface area contributed by atoms with Gasteiger partial charge < -0.3 is 25.0 Å². The molecule has 3 rings (SSSR count). The number of Topliss-reactive ketones (excluding diaryl/α,β-unsaturated/α-hetero) is 1. The lowest BCUT2D eigenvalue weighted by Crippen LogP contribution is -2.56. The van der Waals surface area contributed by atoms with E-state index in [9.17, 15) is 19.8 Å². The molecule has 7 heteroatoms. The van der Waals surface area contributed by atoms with Crippen molar-refractivity contribution < 1.29 is 29.3 Å². The molecule has 0 saturated carbocycles. The fourth-order valence-corrected chi connectivity index (χ4v) is 3.20. The molecule has 1 aromatic carbocycles. The second-order valence-corrected chi connectivity index (χ2v) is 5.55. The summed E-state index contributed by atoms with van der Waals surface area (Å²) < 4.78 is 9.81. The minimum absolute atomic E-state index is 0.0260. The van der Waals surface area contributed by atoms with E-state index < -0.39 is 23.1 Å². The molecule has 1 aromatic rings. The van der Waals surface area contributed by atoms with Gasteiger partial charge >= 0.3 is 5.97 Å². The van der Waals surface area contributed by atoms with Gasteiger partial charge in [-0.05, 0) is 6.92 Å². The van der Waals surface area contributed by atoms with Crippen LogP contribution in [0.15, 0.2) is 35.5 Å².